The van der Waals surface area contributed by atoms with Gasteiger partial charge < -0.3 is 5.11 Å². The molecule has 2 heteroatoms. The number of hydrogen-bond donors (Lipinski definition) is 1. The molecule has 2 atom stereocenters. The first kappa shape index (κ1) is 13.7. The van der Waals surface area contributed by atoms with Crippen LogP contribution in [0.1, 0.15) is 31.2 Å². The molecule has 1 fully saturated rings. The molecule has 0 radical (unpaired) electrons. The number of rotatable bonds is 3. The van der Waals surface area contributed by atoms with E-state index in [9.17, 15) is 5.11 Å². The summed E-state index contributed by atoms with van der Waals surface area (Å²) in [7, 11) is 0. The minimum atomic E-state index is -0.274. The third-order valence-electron chi connectivity index (χ3n) is 4.12. The molecule has 0 saturated heterocycles. The van der Waals surface area contributed by atoms with E-state index in [0.717, 1.165) is 19.3 Å². The lowest BCUT2D eigenvalue weighted by Crippen LogP contribution is -2.39. The van der Waals surface area contributed by atoms with Crippen LogP contribution in [0.5, 0.6) is 0 Å². The standard InChI is InChI=1S/C18H20OS/c19-17-13-7-8-14-18(17,15-9-3-1-4-10-15)20-16-11-5-2-6-12-16/h1-6,9-12,17,19H,7-8,13-14H2. The van der Waals surface area contributed by atoms with E-state index in [0.29, 0.717) is 0 Å². The van der Waals surface area contributed by atoms with Gasteiger partial charge in [0.2, 0.25) is 0 Å². The summed E-state index contributed by atoms with van der Waals surface area (Å²) in [5, 5.41) is 10.7. The van der Waals surface area contributed by atoms with Crippen LogP contribution in [0.3, 0.4) is 0 Å². The highest BCUT2D eigenvalue weighted by atomic mass is 32.2. The van der Waals surface area contributed by atoms with E-state index in [1.165, 1.54) is 16.9 Å². The van der Waals surface area contributed by atoms with Gasteiger partial charge in [-0.3, -0.25) is 0 Å². The Bertz CT molecular complexity index is 540. The number of thioether (sulfide) groups is 1. The first-order valence-electron chi connectivity index (χ1n) is 7.29. The zero-order chi connectivity index (χ0) is 13.8. The topological polar surface area (TPSA) is 20.2 Å². The fraction of sp³-hybridized carbons (Fsp3) is 0.333. The van der Waals surface area contributed by atoms with Gasteiger partial charge in [-0.15, -0.1) is 11.8 Å². The second kappa shape index (κ2) is 6.02. The lowest BCUT2D eigenvalue weighted by molar-refractivity contribution is 0.0894. The van der Waals surface area contributed by atoms with Gasteiger partial charge in [0, 0.05) is 4.90 Å². The van der Waals surface area contributed by atoms with E-state index in [-0.39, 0.29) is 10.9 Å². The molecule has 2 unspecified atom stereocenters. The Morgan fingerprint density at radius 2 is 1.55 bits per heavy atom. The van der Waals surface area contributed by atoms with Crippen LogP contribution in [-0.2, 0) is 4.75 Å². The molecular weight excluding hydrogens is 264 g/mol. The normalized spacial score (nSPS) is 26.4. The third kappa shape index (κ3) is 2.63. The summed E-state index contributed by atoms with van der Waals surface area (Å²) in [5.74, 6) is 0. The van der Waals surface area contributed by atoms with Gasteiger partial charge in [-0.25, -0.2) is 0 Å². The largest absolute Gasteiger partial charge is 0.391 e. The van der Waals surface area contributed by atoms with Crippen LogP contribution in [0, 0.1) is 0 Å². The molecule has 1 aliphatic rings. The summed E-state index contributed by atoms with van der Waals surface area (Å²) < 4.78 is -0.194. The van der Waals surface area contributed by atoms with Crippen molar-refractivity contribution in [3.05, 3.63) is 66.2 Å². The number of aliphatic hydroxyl groups is 1. The molecule has 0 amide bonds. The van der Waals surface area contributed by atoms with Crippen molar-refractivity contribution in [2.75, 3.05) is 0 Å². The Labute approximate surface area is 125 Å². The van der Waals surface area contributed by atoms with Crippen LogP contribution in [-0.4, -0.2) is 11.2 Å². The van der Waals surface area contributed by atoms with Gasteiger partial charge in [0.15, 0.2) is 0 Å². The first-order valence-corrected chi connectivity index (χ1v) is 8.10. The number of aliphatic hydroxyl groups excluding tert-OH is 1. The highest BCUT2D eigenvalue weighted by Gasteiger charge is 2.42. The zero-order valence-corrected chi connectivity index (χ0v) is 12.4. The van der Waals surface area contributed by atoms with E-state index in [2.05, 4.69) is 48.5 Å². The number of benzene rings is 2. The van der Waals surface area contributed by atoms with E-state index in [1.807, 2.05) is 23.9 Å². The summed E-state index contributed by atoms with van der Waals surface area (Å²) in [5.41, 5.74) is 1.25. The molecule has 1 saturated carbocycles. The van der Waals surface area contributed by atoms with E-state index >= 15 is 0 Å². The quantitative estimate of drug-likeness (QED) is 0.888. The Kier molecular flexibility index (Phi) is 4.13. The number of hydrogen-bond acceptors (Lipinski definition) is 2. The SMILES string of the molecule is OC1CCCCC1(Sc1ccccc1)c1ccccc1. The molecule has 1 N–H and O–H groups in total. The predicted molar refractivity (Wildman–Crippen MR) is 84.9 cm³/mol. The van der Waals surface area contributed by atoms with Crippen molar-refractivity contribution in [1.29, 1.82) is 0 Å². The Hall–Kier alpha value is -1.25. The lowest BCUT2D eigenvalue weighted by atomic mass is 9.81. The summed E-state index contributed by atoms with van der Waals surface area (Å²) >= 11 is 1.82. The van der Waals surface area contributed by atoms with E-state index in [1.54, 1.807) is 0 Å². The first-order chi connectivity index (χ1) is 9.81. The minimum absolute atomic E-state index is 0.194. The van der Waals surface area contributed by atoms with Crippen molar-refractivity contribution in [3.63, 3.8) is 0 Å². The molecular formula is C18H20OS. The zero-order valence-electron chi connectivity index (χ0n) is 11.5. The molecule has 20 heavy (non-hydrogen) atoms. The van der Waals surface area contributed by atoms with Gasteiger partial charge >= 0.3 is 0 Å². The highest BCUT2D eigenvalue weighted by Crippen LogP contribution is 2.51. The summed E-state index contributed by atoms with van der Waals surface area (Å²) in [6, 6.07) is 20.9. The van der Waals surface area contributed by atoms with Gasteiger partial charge in [-0.2, -0.15) is 0 Å². The fourth-order valence-corrected chi connectivity index (χ4v) is 4.53. The van der Waals surface area contributed by atoms with Crippen molar-refractivity contribution >= 4 is 11.8 Å². The Balaban J connectivity index is 1.99. The predicted octanol–water partition coefficient (Wildman–Crippen LogP) is 4.61. The summed E-state index contributed by atoms with van der Waals surface area (Å²) in [4.78, 5) is 1.23. The lowest BCUT2D eigenvalue weighted by Gasteiger charge is -2.41. The molecule has 2 aromatic carbocycles. The molecule has 2 aromatic rings. The van der Waals surface area contributed by atoms with Crippen LogP contribution < -0.4 is 0 Å². The molecule has 1 nitrogen and oxygen atoms in total. The molecule has 0 aromatic heterocycles. The van der Waals surface area contributed by atoms with Crippen molar-refractivity contribution < 1.29 is 5.11 Å². The fourth-order valence-electron chi connectivity index (χ4n) is 3.06. The molecule has 0 bridgehead atoms. The third-order valence-corrected chi connectivity index (χ3v) is 5.70. The highest BCUT2D eigenvalue weighted by molar-refractivity contribution is 8.00. The van der Waals surface area contributed by atoms with Gasteiger partial charge in [0.1, 0.15) is 0 Å². The maximum Gasteiger partial charge on any atom is 0.0731 e. The van der Waals surface area contributed by atoms with Crippen molar-refractivity contribution in [2.24, 2.45) is 0 Å². The van der Waals surface area contributed by atoms with Crippen LogP contribution in [0.25, 0.3) is 0 Å². The molecule has 0 aliphatic heterocycles. The summed E-state index contributed by atoms with van der Waals surface area (Å²) in [6.07, 6.45) is 3.98. The second-order valence-electron chi connectivity index (χ2n) is 5.43. The van der Waals surface area contributed by atoms with Crippen LogP contribution >= 0.6 is 11.8 Å². The van der Waals surface area contributed by atoms with Gasteiger partial charge in [-0.1, -0.05) is 61.4 Å². The minimum Gasteiger partial charge on any atom is -0.391 e. The molecule has 3 rings (SSSR count). The molecule has 1 aliphatic carbocycles. The Morgan fingerprint density at radius 3 is 2.20 bits per heavy atom. The van der Waals surface area contributed by atoms with Crippen molar-refractivity contribution in [1.82, 2.24) is 0 Å². The van der Waals surface area contributed by atoms with Crippen molar-refractivity contribution in [2.45, 2.75) is 41.4 Å². The van der Waals surface area contributed by atoms with Gasteiger partial charge in [0.05, 0.1) is 10.9 Å². The van der Waals surface area contributed by atoms with Crippen LogP contribution in [0.2, 0.25) is 0 Å². The second-order valence-corrected chi connectivity index (χ2v) is 6.84. The molecule has 104 valence electrons. The van der Waals surface area contributed by atoms with E-state index < -0.39 is 0 Å². The van der Waals surface area contributed by atoms with Gasteiger partial charge in [0.25, 0.3) is 0 Å². The average Bonchev–Trinajstić information content (AvgIpc) is 2.52. The monoisotopic (exact) mass is 284 g/mol. The molecule has 0 spiro atoms. The maximum atomic E-state index is 10.7. The average molecular weight is 284 g/mol. The van der Waals surface area contributed by atoms with E-state index in [4.69, 9.17) is 0 Å². The molecule has 0 heterocycles. The van der Waals surface area contributed by atoms with Gasteiger partial charge in [-0.05, 0) is 30.5 Å². The summed E-state index contributed by atoms with van der Waals surface area (Å²) in [6.45, 7) is 0. The maximum absolute atomic E-state index is 10.7. The van der Waals surface area contributed by atoms with Crippen LogP contribution in [0.4, 0.5) is 0 Å². The van der Waals surface area contributed by atoms with Crippen LogP contribution in [0.15, 0.2) is 65.6 Å². The smallest absolute Gasteiger partial charge is 0.0731 e. The Morgan fingerprint density at radius 1 is 0.900 bits per heavy atom. The van der Waals surface area contributed by atoms with Crippen molar-refractivity contribution in [3.8, 4) is 0 Å².